The minimum Gasteiger partial charge on any atom is -0.480 e. The zero-order valence-electron chi connectivity index (χ0n) is 11.8. The zero-order chi connectivity index (χ0) is 16.0. The summed E-state index contributed by atoms with van der Waals surface area (Å²) in [7, 11) is 0. The van der Waals surface area contributed by atoms with Crippen molar-refractivity contribution in [2.24, 2.45) is 5.92 Å². The van der Waals surface area contributed by atoms with Gasteiger partial charge in [0.05, 0.1) is 5.56 Å². The lowest BCUT2D eigenvalue weighted by molar-refractivity contribution is -0.139. The van der Waals surface area contributed by atoms with Gasteiger partial charge in [-0.15, -0.1) is 0 Å². The largest absolute Gasteiger partial charge is 0.480 e. The molecular weight excluding hydrogens is 276 g/mol. The van der Waals surface area contributed by atoms with Crippen molar-refractivity contribution in [3.63, 3.8) is 0 Å². The predicted octanol–water partition coefficient (Wildman–Crippen LogP) is 2.01. The summed E-state index contributed by atoms with van der Waals surface area (Å²) < 4.78 is 0. The van der Waals surface area contributed by atoms with Crippen molar-refractivity contribution >= 4 is 23.7 Å². The first-order valence-corrected chi connectivity index (χ1v) is 6.43. The molecule has 0 saturated carbocycles. The number of hydrogen-bond donors (Lipinski definition) is 4. The summed E-state index contributed by atoms with van der Waals surface area (Å²) in [5.74, 6) is -2.11. The molecule has 0 fully saturated rings. The number of hydrogen-bond acceptors (Lipinski definition) is 3. The second-order valence-corrected chi connectivity index (χ2v) is 5.00. The van der Waals surface area contributed by atoms with E-state index in [9.17, 15) is 14.4 Å². The van der Waals surface area contributed by atoms with E-state index >= 15 is 0 Å². The molecular formula is C14H18N2O5. The third-order valence-corrected chi connectivity index (χ3v) is 2.68. The van der Waals surface area contributed by atoms with E-state index in [4.69, 9.17) is 10.2 Å². The van der Waals surface area contributed by atoms with Gasteiger partial charge >= 0.3 is 18.0 Å². The van der Waals surface area contributed by atoms with Crippen LogP contribution in [-0.2, 0) is 4.79 Å². The first-order valence-electron chi connectivity index (χ1n) is 6.43. The molecule has 0 heterocycles. The molecule has 1 aromatic rings. The van der Waals surface area contributed by atoms with Gasteiger partial charge in [-0.3, -0.25) is 0 Å². The van der Waals surface area contributed by atoms with E-state index < -0.39 is 24.0 Å². The Bertz CT molecular complexity index is 542. The number of carbonyl (C=O) groups excluding carboxylic acids is 1. The van der Waals surface area contributed by atoms with Crippen LogP contribution >= 0.6 is 0 Å². The molecule has 1 unspecified atom stereocenters. The van der Waals surface area contributed by atoms with Crippen molar-refractivity contribution in [2.45, 2.75) is 26.3 Å². The topological polar surface area (TPSA) is 116 Å². The highest BCUT2D eigenvalue weighted by Gasteiger charge is 2.21. The Morgan fingerprint density at radius 3 is 2.38 bits per heavy atom. The maximum atomic E-state index is 11.8. The van der Waals surface area contributed by atoms with Gasteiger partial charge in [-0.25, -0.2) is 14.4 Å². The SMILES string of the molecule is CC(C)CC(NC(=O)Nc1cccc(C(=O)O)c1)C(=O)O. The Morgan fingerprint density at radius 1 is 1.19 bits per heavy atom. The normalized spacial score (nSPS) is 11.8. The zero-order valence-corrected chi connectivity index (χ0v) is 11.8. The lowest BCUT2D eigenvalue weighted by Gasteiger charge is -2.17. The highest BCUT2D eigenvalue weighted by molar-refractivity contribution is 5.94. The summed E-state index contributed by atoms with van der Waals surface area (Å²) in [5.41, 5.74) is 0.311. The van der Waals surface area contributed by atoms with Gasteiger partial charge in [0, 0.05) is 5.69 Å². The molecule has 1 rings (SSSR count). The van der Waals surface area contributed by atoms with Gasteiger partial charge in [-0.2, -0.15) is 0 Å². The van der Waals surface area contributed by atoms with Crippen LogP contribution in [0.15, 0.2) is 24.3 Å². The lowest BCUT2D eigenvalue weighted by Crippen LogP contribution is -2.43. The van der Waals surface area contributed by atoms with Gasteiger partial charge in [-0.05, 0) is 30.5 Å². The molecule has 0 radical (unpaired) electrons. The van der Waals surface area contributed by atoms with Crippen LogP contribution in [0.4, 0.5) is 10.5 Å². The molecule has 1 aromatic carbocycles. The van der Waals surface area contributed by atoms with E-state index in [-0.39, 0.29) is 17.2 Å². The van der Waals surface area contributed by atoms with Crippen LogP contribution in [-0.4, -0.2) is 34.2 Å². The minimum atomic E-state index is -1.11. The van der Waals surface area contributed by atoms with Gasteiger partial charge in [0.25, 0.3) is 0 Å². The summed E-state index contributed by atoms with van der Waals surface area (Å²) in [6.45, 7) is 3.71. The summed E-state index contributed by atoms with van der Waals surface area (Å²) in [4.78, 5) is 33.6. The van der Waals surface area contributed by atoms with Crippen LogP contribution in [0.3, 0.4) is 0 Å². The van der Waals surface area contributed by atoms with Crippen molar-refractivity contribution < 1.29 is 24.6 Å². The number of aromatic carboxylic acids is 1. The van der Waals surface area contributed by atoms with Crippen LogP contribution in [0.5, 0.6) is 0 Å². The number of anilines is 1. The molecule has 0 aromatic heterocycles. The van der Waals surface area contributed by atoms with Gasteiger partial charge < -0.3 is 20.8 Å². The third-order valence-electron chi connectivity index (χ3n) is 2.68. The Morgan fingerprint density at radius 2 is 1.86 bits per heavy atom. The minimum absolute atomic E-state index is 0.0322. The molecule has 114 valence electrons. The summed E-state index contributed by atoms with van der Waals surface area (Å²) >= 11 is 0. The number of benzene rings is 1. The number of carbonyl (C=O) groups is 3. The average Bonchev–Trinajstić information content (AvgIpc) is 2.37. The van der Waals surface area contributed by atoms with Crippen LogP contribution in [0, 0.1) is 5.92 Å². The van der Waals surface area contributed by atoms with E-state index in [1.165, 1.54) is 24.3 Å². The van der Waals surface area contributed by atoms with E-state index in [0.29, 0.717) is 6.42 Å². The van der Waals surface area contributed by atoms with Crippen LogP contribution < -0.4 is 10.6 Å². The number of nitrogens with one attached hydrogen (secondary N) is 2. The molecule has 0 saturated heterocycles. The van der Waals surface area contributed by atoms with Gasteiger partial charge in [0.15, 0.2) is 0 Å². The van der Waals surface area contributed by atoms with Crippen molar-refractivity contribution in [3.8, 4) is 0 Å². The van der Waals surface area contributed by atoms with E-state index in [2.05, 4.69) is 10.6 Å². The fraction of sp³-hybridized carbons (Fsp3) is 0.357. The quantitative estimate of drug-likeness (QED) is 0.640. The lowest BCUT2D eigenvalue weighted by atomic mass is 10.0. The number of carboxylic acid groups (broad SMARTS) is 2. The smallest absolute Gasteiger partial charge is 0.335 e. The van der Waals surface area contributed by atoms with Gasteiger partial charge in [0.2, 0.25) is 0 Å². The van der Waals surface area contributed by atoms with Crippen LogP contribution in [0.25, 0.3) is 0 Å². The van der Waals surface area contributed by atoms with Gasteiger partial charge in [0.1, 0.15) is 6.04 Å². The molecule has 7 nitrogen and oxygen atoms in total. The van der Waals surface area contributed by atoms with E-state index in [1.54, 1.807) is 0 Å². The summed E-state index contributed by atoms with van der Waals surface area (Å²) in [6.07, 6.45) is 0.303. The monoisotopic (exact) mass is 294 g/mol. The van der Waals surface area contributed by atoms with E-state index in [1.807, 2.05) is 13.8 Å². The molecule has 1 atom stereocenters. The maximum Gasteiger partial charge on any atom is 0.335 e. The van der Waals surface area contributed by atoms with Crippen LogP contribution in [0.2, 0.25) is 0 Å². The molecule has 0 aliphatic heterocycles. The summed E-state index contributed by atoms with van der Waals surface area (Å²) in [5, 5.41) is 22.7. The average molecular weight is 294 g/mol. The molecule has 21 heavy (non-hydrogen) atoms. The Hall–Kier alpha value is -2.57. The molecule has 2 amide bonds. The van der Waals surface area contributed by atoms with Crippen molar-refractivity contribution in [3.05, 3.63) is 29.8 Å². The molecule has 0 aliphatic rings. The molecule has 0 bridgehead atoms. The number of urea groups is 1. The standard InChI is InChI=1S/C14H18N2O5/c1-8(2)6-11(13(19)20)16-14(21)15-10-5-3-4-9(7-10)12(17)18/h3-5,7-8,11H,6H2,1-2H3,(H,17,18)(H,19,20)(H2,15,16,21). The molecule has 4 N–H and O–H groups in total. The first kappa shape index (κ1) is 16.5. The fourth-order valence-electron chi connectivity index (χ4n) is 1.75. The number of amides is 2. The van der Waals surface area contributed by atoms with E-state index in [0.717, 1.165) is 0 Å². The number of rotatable bonds is 6. The second kappa shape index (κ2) is 7.28. The predicted molar refractivity (Wildman–Crippen MR) is 76.4 cm³/mol. The van der Waals surface area contributed by atoms with Crippen molar-refractivity contribution in [1.29, 1.82) is 0 Å². The molecule has 7 heteroatoms. The Balaban J connectivity index is 2.70. The summed E-state index contributed by atoms with van der Waals surface area (Å²) in [6, 6.07) is 4.01. The third kappa shape index (κ3) is 5.52. The first-order chi connectivity index (χ1) is 9.79. The van der Waals surface area contributed by atoms with Gasteiger partial charge in [-0.1, -0.05) is 19.9 Å². The fourth-order valence-corrected chi connectivity index (χ4v) is 1.75. The Labute approximate surface area is 122 Å². The highest BCUT2D eigenvalue weighted by Crippen LogP contribution is 2.11. The number of aliphatic carboxylic acids is 1. The van der Waals surface area contributed by atoms with Crippen LogP contribution in [0.1, 0.15) is 30.6 Å². The van der Waals surface area contributed by atoms with Crippen molar-refractivity contribution in [1.82, 2.24) is 5.32 Å². The molecule has 0 spiro atoms. The highest BCUT2D eigenvalue weighted by atomic mass is 16.4. The number of carboxylic acids is 2. The molecule has 0 aliphatic carbocycles. The Kier molecular flexibility index (Phi) is 5.71. The second-order valence-electron chi connectivity index (χ2n) is 5.00. The van der Waals surface area contributed by atoms with Crippen molar-refractivity contribution in [2.75, 3.05) is 5.32 Å². The maximum absolute atomic E-state index is 11.8.